The largest absolute Gasteiger partial charge is 1.00 e. The van der Waals surface area contributed by atoms with Crippen molar-refractivity contribution in [3.63, 3.8) is 0 Å². The smallest absolute Gasteiger partial charge is 0.341 e. The standard InChI is InChI=1S/C28H20N2O6.2BrH/c31-25(17-29-13-1-3-23(15-29)27(33)34)21-9-5-19(6-10-21)20-7-11-22(12-8-20)26(32)18-30-14-2-4-24(16-30)28(35)36;;/h1-16H,17-18H2;2*1H. The van der Waals surface area contributed by atoms with E-state index in [4.69, 9.17) is 10.2 Å². The van der Waals surface area contributed by atoms with Crippen molar-refractivity contribution >= 4 is 23.5 Å². The first-order valence-corrected chi connectivity index (χ1v) is 11.0. The summed E-state index contributed by atoms with van der Waals surface area (Å²) in [7, 11) is 0. The van der Waals surface area contributed by atoms with E-state index in [1.54, 1.807) is 48.8 Å². The van der Waals surface area contributed by atoms with E-state index in [1.165, 1.54) is 33.7 Å². The number of aromatic nitrogens is 2. The van der Waals surface area contributed by atoms with Crippen LogP contribution in [-0.4, -0.2) is 33.7 Å². The van der Waals surface area contributed by atoms with Crippen molar-refractivity contribution < 1.29 is 72.5 Å². The molecule has 2 aromatic carbocycles. The number of ketones is 2. The van der Waals surface area contributed by atoms with Crippen LogP contribution in [0.4, 0.5) is 0 Å². The van der Waals surface area contributed by atoms with E-state index in [2.05, 4.69) is 0 Å². The Hall–Kier alpha value is -4.02. The third-order valence-electron chi connectivity index (χ3n) is 5.61. The van der Waals surface area contributed by atoms with Gasteiger partial charge in [0.05, 0.1) is 0 Å². The predicted molar refractivity (Wildman–Crippen MR) is 128 cm³/mol. The SMILES string of the molecule is O=C(O)c1ccc[n+](CC(=O)c2ccc(-c3ccc(C(=O)C[n+]4cccc(C(=O)O)c4)cc3)cc2)c1.[Br-].[Br-]. The molecule has 0 saturated heterocycles. The van der Waals surface area contributed by atoms with E-state index in [1.807, 2.05) is 24.3 Å². The number of hydrogen-bond acceptors (Lipinski definition) is 4. The summed E-state index contributed by atoms with van der Waals surface area (Å²) in [6.07, 6.45) is 6.11. The van der Waals surface area contributed by atoms with Gasteiger partial charge in [-0.2, -0.15) is 9.13 Å². The second-order valence-electron chi connectivity index (χ2n) is 8.14. The number of carboxylic acids is 2. The van der Waals surface area contributed by atoms with Gasteiger partial charge >= 0.3 is 11.9 Å². The summed E-state index contributed by atoms with van der Waals surface area (Å²) in [6, 6.07) is 20.2. The highest BCUT2D eigenvalue weighted by atomic mass is 79.9. The van der Waals surface area contributed by atoms with Crippen LogP contribution in [-0.2, 0) is 13.1 Å². The number of rotatable bonds is 9. The van der Waals surface area contributed by atoms with E-state index in [-0.39, 0.29) is 69.7 Å². The predicted octanol–water partition coefficient (Wildman–Crippen LogP) is -2.90. The molecule has 0 atom stereocenters. The summed E-state index contributed by atoms with van der Waals surface area (Å²) in [5.41, 5.74) is 2.95. The summed E-state index contributed by atoms with van der Waals surface area (Å²) in [4.78, 5) is 47.5. The molecule has 0 radical (unpaired) electrons. The zero-order valence-electron chi connectivity index (χ0n) is 19.8. The molecule has 0 saturated carbocycles. The van der Waals surface area contributed by atoms with Gasteiger partial charge in [-0.05, 0) is 23.3 Å². The Morgan fingerprint density at radius 1 is 0.526 bits per heavy atom. The highest BCUT2D eigenvalue weighted by molar-refractivity contribution is 5.96. The summed E-state index contributed by atoms with van der Waals surface area (Å²) in [5.74, 6) is -2.42. The number of halogens is 2. The number of Topliss-reactive ketones (excluding diaryl/α,β-unsaturated/α-hetero) is 2. The number of nitrogens with zero attached hydrogens (tertiary/aromatic N) is 2. The molecular formula is C28H22Br2N2O6. The highest BCUT2D eigenvalue weighted by Gasteiger charge is 2.16. The Balaban J connectivity index is 0.00000253. The number of carboxylic acid groups (broad SMARTS) is 2. The van der Waals surface area contributed by atoms with Crippen LogP contribution in [0, 0.1) is 0 Å². The van der Waals surface area contributed by atoms with Crippen molar-refractivity contribution in [2.75, 3.05) is 0 Å². The number of hydrogen-bond donors (Lipinski definition) is 2. The summed E-state index contributed by atoms with van der Waals surface area (Å²) in [6.45, 7) is 0.0370. The van der Waals surface area contributed by atoms with Crippen molar-refractivity contribution in [2.45, 2.75) is 13.1 Å². The first-order valence-electron chi connectivity index (χ1n) is 11.0. The van der Waals surface area contributed by atoms with Crippen molar-refractivity contribution in [3.05, 3.63) is 120 Å². The van der Waals surface area contributed by atoms with Gasteiger partial charge in [0.15, 0.2) is 24.8 Å². The summed E-state index contributed by atoms with van der Waals surface area (Å²) < 4.78 is 3.07. The van der Waals surface area contributed by atoms with Crippen molar-refractivity contribution in [3.8, 4) is 11.1 Å². The Bertz CT molecular complexity index is 1360. The van der Waals surface area contributed by atoms with Gasteiger partial charge in [0, 0.05) is 23.3 Å². The minimum atomic E-state index is -1.06. The van der Waals surface area contributed by atoms with Gasteiger partial charge in [0.25, 0.3) is 0 Å². The Labute approximate surface area is 239 Å². The molecule has 2 aromatic heterocycles. The molecule has 0 fully saturated rings. The molecule has 10 heteroatoms. The fraction of sp³-hybridized carbons (Fsp3) is 0.0714. The van der Waals surface area contributed by atoms with E-state index in [9.17, 15) is 19.2 Å². The molecule has 0 bridgehead atoms. The molecule has 0 aliphatic carbocycles. The third kappa shape index (κ3) is 7.50. The van der Waals surface area contributed by atoms with Gasteiger partial charge < -0.3 is 44.2 Å². The van der Waals surface area contributed by atoms with Crippen LogP contribution in [0.15, 0.2) is 97.6 Å². The lowest BCUT2D eigenvalue weighted by Gasteiger charge is -2.05. The van der Waals surface area contributed by atoms with Gasteiger partial charge in [-0.1, -0.05) is 48.5 Å². The van der Waals surface area contributed by atoms with Gasteiger partial charge in [-0.3, -0.25) is 9.59 Å². The molecule has 2 heterocycles. The van der Waals surface area contributed by atoms with E-state index < -0.39 is 11.9 Å². The second-order valence-corrected chi connectivity index (χ2v) is 8.14. The highest BCUT2D eigenvalue weighted by Crippen LogP contribution is 2.21. The molecule has 4 aromatic rings. The van der Waals surface area contributed by atoms with Crippen LogP contribution in [0.2, 0.25) is 0 Å². The average Bonchev–Trinajstić information content (AvgIpc) is 2.89. The molecule has 0 aliphatic rings. The van der Waals surface area contributed by atoms with E-state index in [0.29, 0.717) is 11.1 Å². The van der Waals surface area contributed by atoms with Gasteiger partial charge in [0.2, 0.25) is 24.7 Å². The molecule has 4 rings (SSSR count). The molecule has 0 aliphatic heterocycles. The maximum absolute atomic E-state index is 12.6. The normalized spacial score (nSPS) is 10.0. The molecule has 194 valence electrons. The molecular weight excluding hydrogens is 620 g/mol. The topological polar surface area (TPSA) is 116 Å². The first-order chi connectivity index (χ1) is 17.3. The van der Waals surface area contributed by atoms with Gasteiger partial charge in [-0.15, -0.1) is 0 Å². The molecule has 2 N–H and O–H groups in total. The van der Waals surface area contributed by atoms with Crippen LogP contribution in [0.1, 0.15) is 41.4 Å². The maximum atomic E-state index is 12.6. The number of aromatic carboxylic acids is 2. The zero-order valence-corrected chi connectivity index (χ0v) is 23.0. The lowest BCUT2D eigenvalue weighted by atomic mass is 10.00. The van der Waals surface area contributed by atoms with Crippen LogP contribution >= 0.6 is 0 Å². The second kappa shape index (κ2) is 13.5. The fourth-order valence-corrected chi connectivity index (χ4v) is 3.71. The average molecular weight is 642 g/mol. The molecule has 0 amide bonds. The van der Waals surface area contributed by atoms with Crippen molar-refractivity contribution in [2.24, 2.45) is 0 Å². The Morgan fingerprint density at radius 2 is 0.868 bits per heavy atom. The summed E-state index contributed by atoms with van der Waals surface area (Å²) >= 11 is 0. The van der Waals surface area contributed by atoms with E-state index in [0.717, 1.165) is 11.1 Å². The molecule has 0 unspecified atom stereocenters. The van der Waals surface area contributed by atoms with Gasteiger partial charge in [-0.25, -0.2) is 9.59 Å². The molecule has 8 nitrogen and oxygen atoms in total. The monoisotopic (exact) mass is 640 g/mol. The van der Waals surface area contributed by atoms with Crippen LogP contribution < -0.4 is 43.1 Å². The minimum absolute atomic E-state index is 0. The Kier molecular flexibility index (Phi) is 10.7. The number of carbonyl (C=O) groups is 4. The summed E-state index contributed by atoms with van der Waals surface area (Å²) in [5, 5.41) is 18.2. The quantitative estimate of drug-likeness (QED) is 0.150. The first kappa shape index (κ1) is 30.2. The lowest BCUT2D eigenvalue weighted by molar-refractivity contribution is -0.683. The van der Waals surface area contributed by atoms with Crippen LogP contribution in [0.25, 0.3) is 11.1 Å². The maximum Gasteiger partial charge on any atom is 0.341 e. The van der Waals surface area contributed by atoms with Crippen molar-refractivity contribution in [1.82, 2.24) is 0 Å². The number of pyridine rings is 2. The van der Waals surface area contributed by atoms with Crippen molar-refractivity contribution in [1.29, 1.82) is 0 Å². The lowest BCUT2D eigenvalue weighted by Crippen LogP contribution is -3.00. The van der Waals surface area contributed by atoms with E-state index >= 15 is 0 Å². The van der Waals surface area contributed by atoms with Gasteiger partial charge in [0.1, 0.15) is 11.1 Å². The molecule has 38 heavy (non-hydrogen) atoms. The number of carbonyl (C=O) groups excluding carboxylic acids is 2. The number of benzene rings is 2. The fourth-order valence-electron chi connectivity index (χ4n) is 3.71. The molecule has 0 spiro atoms. The van der Waals surface area contributed by atoms with Crippen LogP contribution in [0.5, 0.6) is 0 Å². The van der Waals surface area contributed by atoms with Crippen LogP contribution in [0.3, 0.4) is 0 Å². The zero-order chi connectivity index (χ0) is 25.7. The third-order valence-corrected chi connectivity index (χ3v) is 5.61. The Morgan fingerprint density at radius 3 is 1.18 bits per heavy atom. The minimum Gasteiger partial charge on any atom is -1.00 e.